The number of hydrogen-bond donors (Lipinski definition) is 1. The van der Waals surface area contributed by atoms with Gasteiger partial charge < -0.3 is 14.8 Å². The Balaban J connectivity index is 1.67. The summed E-state index contributed by atoms with van der Waals surface area (Å²) >= 11 is 0. The van der Waals surface area contributed by atoms with E-state index in [-0.39, 0.29) is 9.80 Å². The van der Waals surface area contributed by atoms with Gasteiger partial charge in [0.15, 0.2) is 0 Å². The molecule has 2 aromatic carbocycles. The van der Waals surface area contributed by atoms with Crippen LogP contribution in [-0.2, 0) is 28.9 Å². The zero-order valence-corrected chi connectivity index (χ0v) is 18.5. The van der Waals surface area contributed by atoms with Crippen molar-refractivity contribution in [2.75, 3.05) is 6.61 Å². The third-order valence-corrected chi connectivity index (χ3v) is 6.46. The highest BCUT2D eigenvalue weighted by Gasteiger charge is 2.33. The highest BCUT2D eigenvalue weighted by Crippen LogP contribution is 2.38. The van der Waals surface area contributed by atoms with Crippen LogP contribution in [0, 0.1) is 0 Å². The van der Waals surface area contributed by atoms with Gasteiger partial charge in [0.1, 0.15) is 18.2 Å². The zero-order chi connectivity index (χ0) is 23.7. The van der Waals surface area contributed by atoms with Crippen molar-refractivity contribution >= 4 is 44.8 Å². The summed E-state index contributed by atoms with van der Waals surface area (Å²) in [5, 5.41) is 3.21. The average molecular weight is 463 g/mol. The fourth-order valence-corrected chi connectivity index (χ4v) is 4.90. The minimum atomic E-state index is -3.91. The van der Waals surface area contributed by atoms with E-state index in [4.69, 9.17) is 9.47 Å². The molecule has 8 nitrogen and oxygen atoms in total. The molecule has 3 rings (SSSR count). The van der Waals surface area contributed by atoms with Gasteiger partial charge in [0.2, 0.25) is 9.84 Å². The van der Waals surface area contributed by atoms with Crippen molar-refractivity contribution in [3.05, 3.63) is 46.9 Å². The highest BCUT2D eigenvalue weighted by atomic mass is 32.2. The zero-order valence-electron chi connectivity index (χ0n) is 17.7. The van der Waals surface area contributed by atoms with E-state index in [1.165, 1.54) is 6.08 Å². The number of carbonyl (C=O) groups is 3. The highest BCUT2D eigenvalue weighted by molar-refractivity contribution is 7.96. The molecule has 0 fully saturated rings. The summed E-state index contributed by atoms with van der Waals surface area (Å²) in [7, 11) is -3.91. The summed E-state index contributed by atoms with van der Waals surface area (Å²) in [5.41, 5.74) is -0.395. The Morgan fingerprint density at radius 1 is 1.09 bits per heavy atom. The molecule has 1 amide bonds. The molecule has 0 saturated heterocycles. The number of nitrogens with one attached hydrogen (secondary N) is 1. The van der Waals surface area contributed by atoms with Crippen LogP contribution in [0.1, 0.15) is 32.8 Å². The van der Waals surface area contributed by atoms with Crippen molar-refractivity contribution in [2.24, 2.45) is 0 Å². The summed E-state index contributed by atoms with van der Waals surface area (Å²) in [6, 6.07) is 6.64. The lowest BCUT2D eigenvalue weighted by molar-refractivity contribution is -0.157. The Morgan fingerprint density at radius 2 is 1.78 bits per heavy atom. The molecule has 170 valence electrons. The summed E-state index contributed by atoms with van der Waals surface area (Å²) in [4.78, 5) is 35.0. The van der Waals surface area contributed by atoms with Gasteiger partial charge in [-0.3, -0.25) is 9.59 Å². The van der Waals surface area contributed by atoms with Gasteiger partial charge in [-0.25, -0.2) is 13.2 Å². The van der Waals surface area contributed by atoms with Crippen LogP contribution in [0.4, 0.5) is 9.18 Å². The average Bonchev–Trinajstić information content (AvgIpc) is 2.94. The molecule has 1 aliphatic heterocycles. The summed E-state index contributed by atoms with van der Waals surface area (Å²) in [6.45, 7) is 4.15. The van der Waals surface area contributed by atoms with Gasteiger partial charge >= 0.3 is 18.1 Å². The largest absolute Gasteiger partial charge is 0.460 e. The Labute approximate surface area is 184 Å². The summed E-state index contributed by atoms with van der Waals surface area (Å²) in [5.74, 6) is -0.891. The van der Waals surface area contributed by atoms with Crippen LogP contribution in [0.3, 0.4) is 0 Å². The molecule has 1 aliphatic rings. The molecule has 32 heavy (non-hydrogen) atoms. The lowest BCUT2D eigenvalue weighted by Gasteiger charge is -2.21. The van der Waals surface area contributed by atoms with Crippen LogP contribution < -0.4 is 5.32 Å². The van der Waals surface area contributed by atoms with Crippen LogP contribution in [-0.4, -0.2) is 44.8 Å². The number of halogens is 1. The molecule has 10 heteroatoms. The van der Waals surface area contributed by atoms with E-state index in [1.54, 1.807) is 57.2 Å². The Kier molecular flexibility index (Phi) is 6.36. The maximum absolute atomic E-state index is 13.3. The van der Waals surface area contributed by atoms with Gasteiger partial charge in [-0.05, 0) is 37.8 Å². The van der Waals surface area contributed by atoms with Gasteiger partial charge in [0, 0.05) is 5.39 Å². The topological polar surface area (TPSA) is 116 Å². The summed E-state index contributed by atoms with van der Waals surface area (Å²) < 4.78 is 49.1. The smallest absolute Gasteiger partial charge is 0.408 e. The Morgan fingerprint density at radius 3 is 2.44 bits per heavy atom. The lowest BCUT2D eigenvalue weighted by atomic mass is 10.1. The van der Waals surface area contributed by atoms with Gasteiger partial charge in [-0.2, -0.15) is 4.39 Å². The third-order valence-electron chi connectivity index (χ3n) is 4.54. The number of esters is 1. The Hall–Kier alpha value is -3.27. The molecule has 0 bridgehead atoms. The number of benzene rings is 2. The molecule has 0 radical (unpaired) electrons. The van der Waals surface area contributed by atoms with Crippen molar-refractivity contribution in [1.82, 2.24) is 5.32 Å². The normalized spacial score (nSPS) is 15.4. The fourth-order valence-electron chi connectivity index (χ4n) is 3.23. The molecular weight excluding hydrogens is 441 g/mol. The molecule has 2 aromatic rings. The molecule has 0 spiro atoms. The van der Waals surface area contributed by atoms with E-state index in [0.717, 1.165) is 5.39 Å². The standard InChI is InChI=1S/C22H22FNO7S/c1-22(2,3)31-18(25)11-17(20(23)26)24-21(27)30-12-15-10-14-9-8-13-6-4-5-7-16(13)19(14)32(15,28)29/h4-10,17H,11-12H2,1-3H3,(H,24,27)/t17-/m0/s1. The van der Waals surface area contributed by atoms with E-state index in [1.807, 2.05) is 5.32 Å². The van der Waals surface area contributed by atoms with Crippen molar-refractivity contribution in [3.63, 3.8) is 0 Å². The first-order valence-corrected chi connectivity index (χ1v) is 11.2. The van der Waals surface area contributed by atoms with Crippen LogP contribution >= 0.6 is 0 Å². The minimum Gasteiger partial charge on any atom is -0.460 e. The number of sulfone groups is 1. The number of carbonyl (C=O) groups excluding carboxylic acids is 3. The maximum atomic E-state index is 13.3. The molecule has 1 atom stereocenters. The monoisotopic (exact) mass is 463 g/mol. The molecule has 1 heterocycles. The van der Waals surface area contributed by atoms with E-state index in [0.29, 0.717) is 10.9 Å². The molecule has 0 aromatic heterocycles. The van der Waals surface area contributed by atoms with Crippen LogP contribution in [0.2, 0.25) is 0 Å². The number of ether oxygens (including phenoxy) is 2. The van der Waals surface area contributed by atoms with Crippen LogP contribution in [0.5, 0.6) is 0 Å². The summed E-state index contributed by atoms with van der Waals surface area (Å²) in [6.07, 6.45) is -0.593. The van der Waals surface area contributed by atoms with Crippen molar-refractivity contribution in [2.45, 2.75) is 43.7 Å². The van der Waals surface area contributed by atoms with E-state index < -0.39 is 52.6 Å². The van der Waals surface area contributed by atoms with Gasteiger partial charge in [0.05, 0.1) is 16.2 Å². The number of fused-ring (bicyclic) bond motifs is 3. The fraction of sp³-hybridized carbons (Fsp3) is 0.318. The third kappa shape index (κ3) is 5.13. The molecular formula is C22H22FNO7S. The molecule has 0 aliphatic carbocycles. The Bertz CT molecular complexity index is 1230. The predicted octanol–water partition coefficient (Wildman–Crippen LogP) is 3.29. The quantitative estimate of drug-likeness (QED) is 0.516. The SMILES string of the molecule is CC(C)(C)OC(=O)C[C@H](NC(=O)OCC1=Cc2ccc3ccccc3c2S1(=O)=O)C(=O)F. The van der Waals surface area contributed by atoms with Crippen molar-refractivity contribution in [1.29, 1.82) is 0 Å². The first-order valence-electron chi connectivity index (χ1n) is 9.70. The van der Waals surface area contributed by atoms with Gasteiger partial charge in [-0.15, -0.1) is 0 Å². The van der Waals surface area contributed by atoms with E-state index in [2.05, 4.69) is 0 Å². The number of alkyl carbamates (subject to hydrolysis) is 1. The van der Waals surface area contributed by atoms with Crippen molar-refractivity contribution < 1.29 is 36.7 Å². The van der Waals surface area contributed by atoms with Gasteiger partial charge in [0.25, 0.3) is 0 Å². The first-order chi connectivity index (χ1) is 14.9. The lowest BCUT2D eigenvalue weighted by Crippen LogP contribution is -2.42. The second-order valence-electron chi connectivity index (χ2n) is 8.19. The van der Waals surface area contributed by atoms with E-state index >= 15 is 0 Å². The molecule has 0 saturated carbocycles. The van der Waals surface area contributed by atoms with Gasteiger partial charge in [-0.1, -0.05) is 36.4 Å². The second-order valence-corrected chi connectivity index (χ2v) is 10.1. The first kappa shape index (κ1) is 23.4. The van der Waals surface area contributed by atoms with Crippen LogP contribution in [0.15, 0.2) is 46.2 Å². The number of rotatable bonds is 6. The second kappa shape index (κ2) is 8.70. The molecule has 1 N–H and O–H groups in total. The number of amides is 1. The van der Waals surface area contributed by atoms with E-state index in [9.17, 15) is 27.2 Å². The van der Waals surface area contributed by atoms with Crippen LogP contribution in [0.25, 0.3) is 16.8 Å². The minimum absolute atomic E-state index is 0.122. The number of hydrogen-bond acceptors (Lipinski definition) is 7. The molecule has 0 unspecified atom stereocenters. The predicted molar refractivity (Wildman–Crippen MR) is 114 cm³/mol. The maximum Gasteiger partial charge on any atom is 0.408 e. The van der Waals surface area contributed by atoms with Crippen molar-refractivity contribution in [3.8, 4) is 0 Å².